The minimum Gasteiger partial charge on any atom is -0.464 e. The van der Waals surface area contributed by atoms with E-state index in [1.165, 1.54) is 10.9 Å². The third-order valence-electron chi connectivity index (χ3n) is 5.40. The summed E-state index contributed by atoms with van der Waals surface area (Å²) in [6.07, 6.45) is 7.48. The van der Waals surface area contributed by atoms with Gasteiger partial charge in [-0.25, -0.2) is 4.98 Å². The molecule has 5 heteroatoms. The summed E-state index contributed by atoms with van der Waals surface area (Å²) in [7, 11) is 0. The standard InChI is InChI=1S/C21H19N3O2/c25-21(16-3-4-19-15(12-16)7-11-26-19)24-9-5-14(6-10-24)18-13-23-20-17(18)2-1-8-22-20/h1-4,7-8,11-14H,5-6,9-10H2,(H,22,23). The molecule has 1 aromatic carbocycles. The predicted molar refractivity (Wildman–Crippen MR) is 100 cm³/mol. The van der Waals surface area contributed by atoms with Crippen LogP contribution in [0, 0.1) is 0 Å². The number of piperidine rings is 1. The van der Waals surface area contributed by atoms with E-state index in [1.807, 2.05) is 35.2 Å². The Morgan fingerprint density at radius 3 is 2.96 bits per heavy atom. The molecule has 4 aromatic rings. The van der Waals surface area contributed by atoms with E-state index < -0.39 is 0 Å². The molecule has 3 aromatic heterocycles. The smallest absolute Gasteiger partial charge is 0.253 e. The molecule has 0 saturated carbocycles. The van der Waals surface area contributed by atoms with Crippen LogP contribution in [0.5, 0.6) is 0 Å². The lowest BCUT2D eigenvalue weighted by atomic mass is 9.89. The number of benzene rings is 1. The maximum atomic E-state index is 12.8. The van der Waals surface area contributed by atoms with E-state index in [2.05, 4.69) is 22.2 Å². The third-order valence-corrected chi connectivity index (χ3v) is 5.40. The van der Waals surface area contributed by atoms with Crippen LogP contribution in [0.2, 0.25) is 0 Å². The average Bonchev–Trinajstić information content (AvgIpc) is 3.34. The van der Waals surface area contributed by atoms with Gasteiger partial charge >= 0.3 is 0 Å². The number of pyridine rings is 1. The zero-order valence-electron chi connectivity index (χ0n) is 14.3. The summed E-state index contributed by atoms with van der Waals surface area (Å²) in [5, 5.41) is 2.17. The van der Waals surface area contributed by atoms with Gasteiger partial charge < -0.3 is 14.3 Å². The molecular formula is C21H19N3O2. The van der Waals surface area contributed by atoms with Crippen LogP contribution in [0.1, 0.15) is 34.7 Å². The Kier molecular flexibility index (Phi) is 3.52. The number of amides is 1. The van der Waals surface area contributed by atoms with Crippen molar-refractivity contribution in [3.05, 3.63) is 66.2 Å². The zero-order valence-corrected chi connectivity index (χ0v) is 14.3. The molecule has 0 unspecified atom stereocenters. The monoisotopic (exact) mass is 345 g/mol. The van der Waals surface area contributed by atoms with E-state index in [1.54, 1.807) is 12.5 Å². The number of H-pyrrole nitrogens is 1. The maximum absolute atomic E-state index is 12.8. The highest BCUT2D eigenvalue weighted by Crippen LogP contribution is 2.33. The normalized spacial score (nSPS) is 15.8. The molecule has 1 aliphatic heterocycles. The van der Waals surface area contributed by atoms with Crippen molar-refractivity contribution in [2.75, 3.05) is 13.1 Å². The van der Waals surface area contributed by atoms with Gasteiger partial charge in [-0.2, -0.15) is 0 Å². The predicted octanol–water partition coefficient (Wildman–Crippen LogP) is 4.33. The highest BCUT2D eigenvalue weighted by molar-refractivity contribution is 5.97. The van der Waals surface area contributed by atoms with Crippen LogP contribution in [0.4, 0.5) is 0 Å². The second kappa shape index (κ2) is 6.02. The minimum absolute atomic E-state index is 0.104. The van der Waals surface area contributed by atoms with Gasteiger partial charge in [0.05, 0.1) is 6.26 Å². The van der Waals surface area contributed by atoms with Crippen molar-refractivity contribution in [1.29, 1.82) is 0 Å². The molecule has 5 rings (SSSR count). The molecule has 0 aliphatic carbocycles. The van der Waals surface area contributed by atoms with Crippen molar-refractivity contribution in [2.45, 2.75) is 18.8 Å². The van der Waals surface area contributed by atoms with Crippen molar-refractivity contribution in [2.24, 2.45) is 0 Å². The highest BCUT2D eigenvalue weighted by atomic mass is 16.3. The van der Waals surface area contributed by atoms with E-state index in [-0.39, 0.29) is 5.91 Å². The number of fused-ring (bicyclic) bond motifs is 2. The number of aromatic amines is 1. The molecule has 4 heterocycles. The van der Waals surface area contributed by atoms with Crippen LogP contribution in [-0.4, -0.2) is 33.9 Å². The van der Waals surface area contributed by atoms with E-state index in [9.17, 15) is 4.79 Å². The molecule has 5 nitrogen and oxygen atoms in total. The van der Waals surface area contributed by atoms with Crippen molar-refractivity contribution in [1.82, 2.24) is 14.9 Å². The molecule has 130 valence electrons. The van der Waals surface area contributed by atoms with Crippen LogP contribution in [0.3, 0.4) is 0 Å². The average molecular weight is 345 g/mol. The molecule has 1 fully saturated rings. The van der Waals surface area contributed by atoms with Gasteiger partial charge in [0.25, 0.3) is 5.91 Å². The summed E-state index contributed by atoms with van der Waals surface area (Å²) in [5.74, 6) is 0.570. The fourth-order valence-electron chi connectivity index (χ4n) is 3.99. The molecule has 0 spiro atoms. The lowest BCUT2D eigenvalue weighted by molar-refractivity contribution is 0.0713. The highest BCUT2D eigenvalue weighted by Gasteiger charge is 2.26. The summed E-state index contributed by atoms with van der Waals surface area (Å²) >= 11 is 0. The molecule has 0 radical (unpaired) electrons. The number of rotatable bonds is 2. The number of nitrogens with zero attached hydrogens (tertiary/aromatic N) is 2. The number of hydrogen-bond acceptors (Lipinski definition) is 3. The second-order valence-corrected chi connectivity index (χ2v) is 6.88. The Morgan fingerprint density at radius 1 is 1.19 bits per heavy atom. The first-order chi connectivity index (χ1) is 12.8. The van der Waals surface area contributed by atoms with Crippen LogP contribution in [0.25, 0.3) is 22.0 Å². The van der Waals surface area contributed by atoms with Crippen LogP contribution in [-0.2, 0) is 0 Å². The first-order valence-electron chi connectivity index (χ1n) is 8.98. The van der Waals surface area contributed by atoms with Gasteiger partial charge in [0.15, 0.2) is 0 Å². The van der Waals surface area contributed by atoms with Crippen LogP contribution in [0.15, 0.2) is 59.5 Å². The van der Waals surface area contributed by atoms with Crippen LogP contribution < -0.4 is 0 Å². The second-order valence-electron chi connectivity index (χ2n) is 6.88. The molecule has 1 aliphatic rings. The Balaban J connectivity index is 1.32. The Morgan fingerprint density at radius 2 is 2.08 bits per heavy atom. The van der Waals surface area contributed by atoms with Crippen molar-refractivity contribution in [3.63, 3.8) is 0 Å². The topological polar surface area (TPSA) is 62.1 Å². The van der Waals surface area contributed by atoms with Crippen molar-refractivity contribution < 1.29 is 9.21 Å². The number of aromatic nitrogens is 2. The minimum atomic E-state index is 0.104. The number of carbonyl (C=O) groups is 1. The first kappa shape index (κ1) is 15.2. The van der Waals surface area contributed by atoms with E-state index >= 15 is 0 Å². The van der Waals surface area contributed by atoms with E-state index in [0.717, 1.165) is 48.1 Å². The van der Waals surface area contributed by atoms with Gasteiger partial charge in [-0.3, -0.25) is 4.79 Å². The third kappa shape index (κ3) is 2.47. The summed E-state index contributed by atoms with van der Waals surface area (Å²) in [6.45, 7) is 1.56. The molecular weight excluding hydrogens is 326 g/mol. The zero-order chi connectivity index (χ0) is 17.5. The SMILES string of the molecule is O=C(c1ccc2occc2c1)N1CCC(c2c[nH]c3ncccc23)CC1. The molecule has 0 atom stereocenters. The van der Waals surface area contributed by atoms with Gasteiger partial charge in [0.2, 0.25) is 0 Å². The molecule has 1 N–H and O–H groups in total. The molecule has 1 amide bonds. The lowest BCUT2D eigenvalue weighted by Crippen LogP contribution is -2.37. The van der Waals surface area contributed by atoms with Crippen molar-refractivity contribution >= 4 is 27.9 Å². The Hall–Kier alpha value is -3.08. The summed E-state index contributed by atoms with van der Waals surface area (Å²) in [4.78, 5) is 22.4. The molecule has 0 bridgehead atoms. The van der Waals surface area contributed by atoms with Crippen molar-refractivity contribution in [3.8, 4) is 0 Å². The number of hydrogen-bond donors (Lipinski definition) is 1. The summed E-state index contributed by atoms with van der Waals surface area (Å²) < 4.78 is 5.36. The van der Waals surface area contributed by atoms with Gasteiger partial charge in [0.1, 0.15) is 11.2 Å². The number of likely N-dealkylation sites (tertiary alicyclic amines) is 1. The Bertz CT molecular complexity index is 1090. The fraction of sp³-hybridized carbons (Fsp3) is 0.238. The first-order valence-corrected chi connectivity index (χ1v) is 8.98. The largest absolute Gasteiger partial charge is 0.464 e. The number of carbonyl (C=O) groups excluding carboxylic acids is 1. The summed E-state index contributed by atoms with van der Waals surface area (Å²) in [6, 6.07) is 11.6. The maximum Gasteiger partial charge on any atom is 0.253 e. The number of nitrogens with one attached hydrogen (secondary N) is 1. The van der Waals surface area contributed by atoms with Gasteiger partial charge in [0, 0.05) is 41.8 Å². The Labute approximate surface area is 150 Å². The van der Waals surface area contributed by atoms with Gasteiger partial charge in [-0.1, -0.05) is 0 Å². The van der Waals surface area contributed by atoms with E-state index in [0.29, 0.717) is 5.92 Å². The van der Waals surface area contributed by atoms with E-state index in [4.69, 9.17) is 4.42 Å². The van der Waals surface area contributed by atoms with Crippen LogP contribution >= 0.6 is 0 Å². The number of furan rings is 1. The van der Waals surface area contributed by atoms with Gasteiger partial charge in [-0.15, -0.1) is 0 Å². The lowest BCUT2D eigenvalue weighted by Gasteiger charge is -2.32. The summed E-state index contributed by atoms with van der Waals surface area (Å²) in [5.41, 5.74) is 3.80. The fourth-order valence-corrected chi connectivity index (χ4v) is 3.99. The molecule has 1 saturated heterocycles. The molecule has 26 heavy (non-hydrogen) atoms. The van der Waals surface area contributed by atoms with Gasteiger partial charge in [-0.05, 0) is 60.7 Å². The quantitative estimate of drug-likeness (QED) is 0.588.